The predicted molar refractivity (Wildman–Crippen MR) is 96.4 cm³/mol. The minimum absolute atomic E-state index is 0.172. The van der Waals surface area contributed by atoms with Crippen LogP contribution in [0.4, 0.5) is 0 Å². The monoisotopic (exact) mass is 351 g/mol. The Labute approximate surface area is 152 Å². The molecule has 5 heteroatoms. The molecule has 0 aliphatic carbocycles. The first kappa shape index (κ1) is 16.6. The first-order chi connectivity index (χ1) is 12.5. The van der Waals surface area contributed by atoms with Gasteiger partial charge in [0.2, 0.25) is 5.91 Å². The van der Waals surface area contributed by atoms with Crippen LogP contribution in [0, 0.1) is 13.8 Å². The molecule has 2 aromatic rings. The maximum absolute atomic E-state index is 13.3. The van der Waals surface area contributed by atoms with Gasteiger partial charge in [-0.1, -0.05) is 30.3 Å². The lowest BCUT2D eigenvalue weighted by atomic mass is 9.90. The molecule has 2 unspecified atom stereocenters. The highest BCUT2D eigenvalue weighted by atomic mass is 16.5. The molecule has 2 aliphatic heterocycles. The van der Waals surface area contributed by atoms with Gasteiger partial charge in [0.05, 0.1) is 0 Å². The number of carboxylic acid groups (broad SMARTS) is 1. The lowest BCUT2D eigenvalue weighted by Crippen LogP contribution is -2.45. The van der Waals surface area contributed by atoms with E-state index >= 15 is 0 Å². The van der Waals surface area contributed by atoms with Crippen LogP contribution < -0.4 is 4.74 Å². The fourth-order valence-corrected chi connectivity index (χ4v) is 3.95. The molecular formula is C21H21NO4. The second-order valence-electron chi connectivity index (χ2n) is 7.06. The van der Waals surface area contributed by atoms with Crippen molar-refractivity contribution in [1.82, 2.24) is 4.90 Å². The minimum Gasteiger partial charge on any atom is -0.492 e. The van der Waals surface area contributed by atoms with E-state index in [0.717, 1.165) is 28.0 Å². The molecule has 0 radical (unpaired) electrons. The highest BCUT2D eigenvalue weighted by Crippen LogP contribution is 2.39. The van der Waals surface area contributed by atoms with E-state index in [1.54, 1.807) is 6.07 Å². The maximum Gasteiger partial charge on any atom is 0.331 e. The molecule has 0 saturated heterocycles. The van der Waals surface area contributed by atoms with Crippen molar-refractivity contribution in [3.63, 3.8) is 0 Å². The second-order valence-corrected chi connectivity index (χ2v) is 7.06. The van der Waals surface area contributed by atoms with Crippen LogP contribution >= 0.6 is 0 Å². The van der Waals surface area contributed by atoms with E-state index in [1.165, 1.54) is 4.90 Å². The molecule has 0 bridgehead atoms. The van der Waals surface area contributed by atoms with Gasteiger partial charge in [-0.3, -0.25) is 4.79 Å². The summed E-state index contributed by atoms with van der Waals surface area (Å²) < 4.78 is 5.73. The van der Waals surface area contributed by atoms with E-state index < -0.39 is 17.9 Å². The van der Waals surface area contributed by atoms with Gasteiger partial charge < -0.3 is 14.7 Å². The number of amides is 1. The Hall–Kier alpha value is -2.82. The number of aliphatic carboxylic acids is 1. The van der Waals surface area contributed by atoms with Gasteiger partial charge >= 0.3 is 5.97 Å². The summed E-state index contributed by atoms with van der Waals surface area (Å²) in [6, 6.07) is 10.5. The van der Waals surface area contributed by atoms with Crippen molar-refractivity contribution in [2.24, 2.45) is 0 Å². The Morgan fingerprint density at radius 1 is 1.12 bits per heavy atom. The van der Waals surface area contributed by atoms with Crippen molar-refractivity contribution in [1.29, 1.82) is 0 Å². The smallest absolute Gasteiger partial charge is 0.331 e. The number of rotatable bonds is 2. The highest BCUT2D eigenvalue weighted by Gasteiger charge is 2.41. The van der Waals surface area contributed by atoms with E-state index in [1.807, 2.05) is 44.2 Å². The number of fused-ring (bicyclic) bond motifs is 2. The van der Waals surface area contributed by atoms with E-state index in [2.05, 4.69) is 0 Å². The van der Waals surface area contributed by atoms with Crippen LogP contribution in [-0.2, 0) is 16.0 Å². The van der Waals surface area contributed by atoms with Crippen LogP contribution in [0.2, 0.25) is 0 Å². The average molecular weight is 351 g/mol. The van der Waals surface area contributed by atoms with Crippen molar-refractivity contribution < 1.29 is 19.4 Å². The molecule has 0 saturated carbocycles. The molecule has 1 N–H and O–H groups in total. The van der Waals surface area contributed by atoms with Crippen LogP contribution in [0.15, 0.2) is 36.4 Å². The summed E-state index contributed by atoms with van der Waals surface area (Å²) in [5.74, 6) is -0.884. The topological polar surface area (TPSA) is 66.8 Å². The first-order valence-electron chi connectivity index (χ1n) is 8.82. The number of nitrogens with zero attached hydrogens (tertiary/aromatic N) is 1. The molecular weight excluding hydrogens is 330 g/mol. The third-order valence-corrected chi connectivity index (χ3v) is 5.51. The molecule has 4 rings (SSSR count). The lowest BCUT2D eigenvalue weighted by molar-refractivity contribution is -0.152. The van der Waals surface area contributed by atoms with Crippen molar-refractivity contribution in [2.75, 3.05) is 13.2 Å². The zero-order chi connectivity index (χ0) is 18.4. The first-order valence-corrected chi connectivity index (χ1v) is 8.82. The van der Waals surface area contributed by atoms with Gasteiger partial charge in [-0.05, 0) is 48.6 Å². The molecule has 2 aliphatic rings. The van der Waals surface area contributed by atoms with Gasteiger partial charge in [0.15, 0.2) is 6.04 Å². The summed E-state index contributed by atoms with van der Waals surface area (Å²) in [5, 5.41) is 9.80. The predicted octanol–water partition coefficient (Wildman–Crippen LogP) is 2.99. The summed E-state index contributed by atoms with van der Waals surface area (Å²) in [6.07, 6.45) is 0.666. The normalized spacial score (nSPS) is 20.9. The molecule has 0 fully saturated rings. The molecule has 2 heterocycles. The fraction of sp³-hybridized carbons (Fsp3) is 0.333. The van der Waals surface area contributed by atoms with Crippen LogP contribution in [0.3, 0.4) is 0 Å². The Kier molecular flexibility index (Phi) is 3.94. The van der Waals surface area contributed by atoms with Gasteiger partial charge in [0, 0.05) is 12.1 Å². The van der Waals surface area contributed by atoms with Gasteiger partial charge in [0.1, 0.15) is 18.3 Å². The number of carbonyl (C=O) groups is 2. The lowest BCUT2D eigenvalue weighted by Gasteiger charge is -2.36. The molecule has 26 heavy (non-hydrogen) atoms. The quantitative estimate of drug-likeness (QED) is 0.903. The Balaban J connectivity index is 1.70. The van der Waals surface area contributed by atoms with Crippen molar-refractivity contribution in [3.05, 3.63) is 64.2 Å². The Morgan fingerprint density at radius 3 is 2.62 bits per heavy atom. The van der Waals surface area contributed by atoms with Crippen LogP contribution in [0.5, 0.6) is 5.75 Å². The summed E-state index contributed by atoms with van der Waals surface area (Å²) in [6.45, 7) is 4.69. The second kappa shape index (κ2) is 6.16. The van der Waals surface area contributed by atoms with E-state index in [-0.39, 0.29) is 12.5 Å². The SMILES string of the molecule is Cc1cc2c(cc1C)C(C(=O)N1CCc3ccccc3C1C(=O)O)CO2. The third kappa shape index (κ3) is 2.55. The van der Waals surface area contributed by atoms with Crippen LogP contribution in [0.25, 0.3) is 0 Å². The van der Waals surface area contributed by atoms with Crippen molar-refractivity contribution in [2.45, 2.75) is 32.2 Å². The van der Waals surface area contributed by atoms with Crippen molar-refractivity contribution in [3.8, 4) is 5.75 Å². The van der Waals surface area contributed by atoms with E-state index in [9.17, 15) is 14.7 Å². The summed E-state index contributed by atoms with van der Waals surface area (Å²) in [7, 11) is 0. The van der Waals surface area contributed by atoms with E-state index in [0.29, 0.717) is 18.5 Å². The Morgan fingerprint density at radius 2 is 1.85 bits per heavy atom. The number of aryl methyl sites for hydroxylation is 2. The van der Waals surface area contributed by atoms with Crippen LogP contribution in [0.1, 0.15) is 39.8 Å². The molecule has 1 amide bonds. The summed E-state index contributed by atoms with van der Waals surface area (Å²) in [4.78, 5) is 26.7. The van der Waals surface area contributed by atoms with Gasteiger partial charge in [-0.15, -0.1) is 0 Å². The number of ether oxygens (including phenoxy) is 1. The van der Waals surface area contributed by atoms with Crippen LogP contribution in [-0.4, -0.2) is 35.0 Å². The highest BCUT2D eigenvalue weighted by molar-refractivity contribution is 5.90. The standard InChI is InChI=1S/C21H21NO4/c1-12-9-16-17(11-26-18(16)10-13(12)2)20(23)22-8-7-14-5-3-4-6-15(14)19(22)21(24)25/h3-6,9-10,17,19H,7-8,11H2,1-2H3,(H,24,25). The molecule has 5 nitrogen and oxygen atoms in total. The minimum atomic E-state index is -0.996. The van der Waals surface area contributed by atoms with E-state index in [4.69, 9.17) is 4.74 Å². The largest absolute Gasteiger partial charge is 0.492 e. The number of carboxylic acids is 1. The number of hydrogen-bond donors (Lipinski definition) is 1. The molecule has 2 aromatic carbocycles. The molecule has 2 atom stereocenters. The summed E-state index contributed by atoms with van der Waals surface area (Å²) >= 11 is 0. The zero-order valence-corrected chi connectivity index (χ0v) is 14.9. The van der Waals surface area contributed by atoms with Gasteiger partial charge in [0.25, 0.3) is 0 Å². The number of carbonyl (C=O) groups excluding carboxylic acids is 1. The average Bonchev–Trinajstić information content (AvgIpc) is 3.02. The van der Waals surface area contributed by atoms with Crippen molar-refractivity contribution >= 4 is 11.9 Å². The summed E-state index contributed by atoms with van der Waals surface area (Å²) in [5.41, 5.74) is 4.79. The number of benzene rings is 2. The third-order valence-electron chi connectivity index (χ3n) is 5.51. The molecule has 134 valence electrons. The van der Waals surface area contributed by atoms with Gasteiger partial charge in [-0.2, -0.15) is 0 Å². The zero-order valence-electron chi connectivity index (χ0n) is 14.9. The number of hydrogen-bond acceptors (Lipinski definition) is 3. The van der Waals surface area contributed by atoms with Gasteiger partial charge in [-0.25, -0.2) is 4.79 Å². The fourth-order valence-electron chi connectivity index (χ4n) is 3.95. The molecule has 0 spiro atoms. The maximum atomic E-state index is 13.3. The Bertz CT molecular complexity index is 905. The molecule has 0 aromatic heterocycles.